The van der Waals surface area contributed by atoms with Gasteiger partial charge >= 0.3 is 0 Å². The monoisotopic (exact) mass is 263 g/mol. The van der Waals surface area contributed by atoms with Crippen LogP contribution in [0.25, 0.3) is 0 Å². The first-order valence-corrected chi connectivity index (χ1v) is 6.82. The molecule has 0 spiro atoms. The smallest absolute Gasteiger partial charge is 0.241 e. The number of sulfonamides is 1. The third kappa shape index (κ3) is 3.66. The minimum absolute atomic E-state index is 0.0731. The molecule has 1 rings (SSSR count). The van der Waals surface area contributed by atoms with E-state index in [1.165, 1.54) is 12.1 Å². The highest BCUT2D eigenvalue weighted by atomic mass is 35.5. The summed E-state index contributed by atoms with van der Waals surface area (Å²) < 4.78 is 27.9. The molecule has 90 valence electrons. The van der Waals surface area contributed by atoms with E-state index in [-0.39, 0.29) is 10.6 Å². The number of nitrogens with two attached hydrogens (primary N) is 1. The second-order valence-electron chi connectivity index (χ2n) is 3.34. The quantitative estimate of drug-likeness (QED) is 0.828. The minimum atomic E-state index is -3.80. The van der Waals surface area contributed by atoms with E-state index in [0.717, 1.165) is 12.8 Å². The molecule has 1 aromatic rings. The van der Waals surface area contributed by atoms with Gasteiger partial charge in [0.05, 0.1) is 6.61 Å². The summed E-state index contributed by atoms with van der Waals surface area (Å²) in [6.45, 7) is 2.48. The second kappa shape index (κ2) is 5.52. The lowest BCUT2D eigenvalue weighted by molar-refractivity contribution is 0.301. The van der Waals surface area contributed by atoms with Crippen LogP contribution in [-0.4, -0.2) is 15.0 Å². The van der Waals surface area contributed by atoms with E-state index in [2.05, 4.69) is 0 Å². The fraction of sp³-hybridized carbons (Fsp3) is 0.400. The first kappa shape index (κ1) is 13.3. The number of benzene rings is 1. The zero-order chi connectivity index (χ0) is 12.2. The van der Waals surface area contributed by atoms with Crippen molar-refractivity contribution in [2.24, 2.45) is 5.14 Å². The van der Waals surface area contributed by atoms with Gasteiger partial charge in [-0.1, -0.05) is 24.9 Å². The molecule has 0 amide bonds. The number of unbranched alkanes of at least 4 members (excludes halogenated alkanes) is 1. The minimum Gasteiger partial charge on any atom is -0.492 e. The van der Waals surface area contributed by atoms with Crippen molar-refractivity contribution in [3.63, 3.8) is 0 Å². The summed E-state index contributed by atoms with van der Waals surface area (Å²) >= 11 is 5.71. The molecule has 4 nitrogen and oxygen atoms in total. The van der Waals surface area contributed by atoms with Crippen molar-refractivity contribution in [1.82, 2.24) is 0 Å². The topological polar surface area (TPSA) is 69.4 Å². The van der Waals surface area contributed by atoms with E-state index in [4.69, 9.17) is 21.5 Å². The highest BCUT2D eigenvalue weighted by Crippen LogP contribution is 2.26. The van der Waals surface area contributed by atoms with Crippen molar-refractivity contribution in [2.75, 3.05) is 6.61 Å². The van der Waals surface area contributed by atoms with Crippen LogP contribution in [0, 0.1) is 0 Å². The Morgan fingerprint density at radius 1 is 1.44 bits per heavy atom. The molecule has 16 heavy (non-hydrogen) atoms. The molecular weight excluding hydrogens is 250 g/mol. The summed E-state index contributed by atoms with van der Waals surface area (Å²) in [6, 6.07) is 4.37. The summed E-state index contributed by atoms with van der Waals surface area (Å²) in [6.07, 6.45) is 1.82. The van der Waals surface area contributed by atoms with E-state index < -0.39 is 10.0 Å². The third-order valence-corrected chi connectivity index (χ3v) is 3.13. The molecule has 0 saturated carbocycles. The Bertz CT molecular complexity index is 459. The summed E-state index contributed by atoms with van der Waals surface area (Å²) in [5.74, 6) is 0.250. The van der Waals surface area contributed by atoms with Gasteiger partial charge in [0.1, 0.15) is 10.6 Å². The Balaban J connectivity index is 2.99. The summed E-state index contributed by atoms with van der Waals surface area (Å²) in [5.41, 5.74) is 0. The Hall–Kier alpha value is -0.780. The highest BCUT2D eigenvalue weighted by molar-refractivity contribution is 7.89. The van der Waals surface area contributed by atoms with Gasteiger partial charge in [0, 0.05) is 5.02 Å². The van der Waals surface area contributed by atoms with Crippen LogP contribution in [0.3, 0.4) is 0 Å². The summed E-state index contributed by atoms with van der Waals surface area (Å²) in [5, 5.41) is 5.38. The molecule has 0 radical (unpaired) electrons. The largest absolute Gasteiger partial charge is 0.492 e. The van der Waals surface area contributed by atoms with Crippen LogP contribution in [0.4, 0.5) is 0 Å². The van der Waals surface area contributed by atoms with Gasteiger partial charge < -0.3 is 4.74 Å². The fourth-order valence-corrected chi connectivity index (χ4v) is 2.09. The van der Waals surface area contributed by atoms with Gasteiger partial charge in [-0.3, -0.25) is 0 Å². The Morgan fingerprint density at radius 2 is 2.12 bits per heavy atom. The lowest BCUT2D eigenvalue weighted by atomic mass is 10.3. The molecule has 2 N–H and O–H groups in total. The first-order valence-electron chi connectivity index (χ1n) is 4.90. The predicted octanol–water partition coefficient (Wildman–Crippen LogP) is 2.17. The molecule has 0 heterocycles. The molecule has 0 atom stereocenters. The van der Waals surface area contributed by atoms with Crippen LogP contribution < -0.4 is 9.88 Å². The molecule has 0 unspecified atom stereocenters. The van der Waals surface area contributed by atoms with E-state index >= 15 is 0 Å². The van der Waals surface area contributed by atoms with Crippen molar-refractivity contribution in [3.05, 3.63) is 23.2 Å². The van der Waals surface area contributed by atoms with Gasteiger partial charge in [-0.2, -0.15) is 0 Å². The van der Waals surface area contributed by atoms with Crippen molar-refractivity contribution in [2.45, 2.75) is 24.7 Å². The molecule has 6 heteroatoms. The van der Waals surface area contributed by atoms with E-state index in [1.54, 1.807) is 6.07 Å². The zero-order valence-electron chi connectivity index (χ0n) is 8.94. The maximum absolute atomic E-state index is 11.3. The highest BCUT2D eigenvalue weighted by Gasteiger charge is 2.15. The molecular formula is C10H14ClNO3S. The third-order valence-electron chi connectivity index (χ3n) is 1.97. The lowest BCUT2D eigenvalue weighted by Gasteiger charge is -2.09. The van der Waals surface area contributed by atoms with E-state index in [0.29, 0.717) is 11.6 Å². The van der Waals surface area contributed by atoms with Gasteiger partial charge in [0.2, 0.25) is 10.0 Å². The van der Waals surface area contributed by atoms with Crippen molar-refractivity contribution in [3.8, 4) is 5.75 Å². The number of primary sulfonamides is 1. The maximum Gasteiger partial charge on any atom is 0.241 e. The van der Waals surface area contributed by atoms with Crippen LogP contribution in [0.1, 0.15) is 19.8 Å². The number of hydrogen-bond donors (Lipinski definition) is 1. The van der Waals surface area contributed by atoms with Crippen LogP contribution in [-0.2, 0) is 10.0 Å². The molecule has 0 aliphatic carbocycles. The molecule has 0 aromatic heterocycles. The van der Waals surface area contributed by atoms with Gasteiger partial charge in [-0.25, -0.2) is 13.6 Å². The van der Waals surface area contributed by atoms with Crippen molar-refractivity contribution in [1.29, 1.82) is 0 Å². The fourth-order valence-electron chi connectivity index (χ4n) is 1.15. The number of halogens is 1. The average Bonchev–Trinajstić information content (AvgIpc) is 2.19. The zero-order valence-corrected chi connectivity index (χ0v) is 10.5. The summed E-state index contributed by atoms with van der Waals surface area (Å²) in [4.78, 5) is -0.0731. The molecule has 0 fully saturated rings. The maximum atomic E-state index is 11.3. The normalized spacial score (nSPS) is 11.4. The van der Waals surface area contributed by atoms with Gasteiger partial charge in [0.25, 0.3) is 0 Å². The lowest BCUT2D eigenvalue weighted by Crippen LogP contribution is -2.14. The van der Waals surface area contributed by atoms with Gasteiger partial charge in [-0.15, -0.1) is 0 Å². The van der Waals surface area contributed by atoms with Crippen LogP contribution >= 0.6 is 11.6 Å². The molecule has 0 bridgehead atoms. The number of ether oxygens (including phenoxy) is 1. The molecule has 1 aromatic carbocycles. The van der Waals surface area contributed by atoms with E-state index in [1.807, 2.05) is 6.92 Å². The molecule has 0 aliphatic rings. The number of rotatable bonds is 5. The van der Waals surface area contributed by atoms with Gasteiger partial charge in [-0.05, 0) is 24.6 Å². The predicted molar refractivity (Wildman–Crippen MR) is 63.2 cm³/mol. The first-order chi connectivity index (χ1) is 7.45. The standard InChI is InChI=1S/C10H14ClNO3S/c1-2-3-6-15-9-5-4-8(11)7-10(9)16(12,13)14/h4-5,7H,2-3,6H2,1H3,(H2,12,13,14). The van der Waals surface area contributed by atoms with Crippen molar-refractivity contribution < 1.29 is 13.2 Å². The number of hydrogen-bond acceptors (Lipinski definition) is 3. The Kier molecular flexibility index (Phi) is 4.58. The van der Waals surface area contributed by atoms with Crippen LogP contribution in [0.15, 0.2) is 23.1 Å². The van der Waals surface area contributed by atoms with Crippen LogP contribution in [0.5, 0.6) is 5.75 Å². The average molecular weight is 264 g/mol. The summed E-state index contributed by atoms with van der Waals surface area (Å²) in [7, 11) is -3.80. The second-order valence-corrected chi connectivity index (χ2v) is 5.30. The molecule has 0 aliphatic heterocycles. The van der Waals surface area contributed by atoms with Crippen molar-refractivity contribution >= 4 is 21.6 Å². The molecule has 0 saturated heterocycles. The van der Waals surface area contributed by atoms with Gasteiger partial charge in [0.15, 0.2) is 0 Å². The van der Waals surface area contributed by atoms with E-state index in [9.17, 15) is 8.42 Å². The SMILES string of the molecule is CCCCOc1ccc(Cl)cc1S(N)(=O)=O. The van der Waals surface area contributed by atoms with Crippen LogP contribution in [0.2, 0.25) is 5.02 Å². The Labute approximate surface area is 100 Å². The Morgan fingerprint density at radius 3 is 2.69 bits per heavy atom.